The third-order valence-corrected chi connectivity index (χ3v) is 3.00. The Morgan fingerprint density at radius 2 is 1.86 bits per heavy atom. The molecule has 0 saturated heterocycles. The summed E-state index contributed by atoms with van der Waals surface area (Å²) >= 11 is 0. The predicted octanol–water partition coefficient (Wildman–Crippen LogP) is 3.13. The molecule has 0 unspecified atom stereocenters. The smallest absolute Gasteiger partial charge is 0.269 e. The summed E-state index contributed by atoms with van der Waals surface area (Å²) in [6.07, 6.45) is 1.71. The van der Waals surface area contributed by atoms with Crippen molar-refractivity contribution in [1.82, 2.24) is 0 Å². The molecule has 0 heterocycles. The molecule has 0 bridgehead atoms. The van der Waals surface area contributed by atoms with E-state index >= 15 is 0 Å². The zero-order chi connectivity index (χ0) is 15.8. The van der Waals surface area contributed by atoms with Crippen LogP contribution in [0.1, 0.15) is 5.56 Å². The van der Waals surface area contributed by atoms with Gasteiger partial charge in [-0.15, -0.1) is 0 Å². The number of nitrogens with zero attached hydrogens (tertiary/aromatic N) is 2. The summed E-state index contributed by atoms with van der Waals surface area (Å²) in [5.74, 6) is 0.821. The number of rotatable bonds is 7. The number of nitrogens with one attached hydrogen (secondary N) is 1. The molecule has 6 heteroatoms. The summed E-state index contributed by atoms with van der Waals surface area (Å²) in [7, 11) is 1.63. The number of methoxy groups -OCH3 is 1. The van der Waals surface area contributed by atoms with Crippen molar-refractivity contribution in [2.45, 2.75) is 0 Å². The van der Waals surface area contributed by atoms with Gasteiger partial charge in [0.05, 0.1) is 18.6 Å². The van der Waals surface area contributed by atoms with E-state index in [2.05, 4.69) is 10.3 Å². The van der Waals surface area contributed by atoms with E-state index in [0.29, 0.717) is 13.1 Å². The van der Waals surface area contributed by atoms with E-state index in [0.717, 1.165) is 17.0 Å². The van der Waals surface area contributed by atoms with Crippen LogP contribution in [0.25, 0.3) is 0 Å². The van der Waals surface area contributed by atoms with Crippen molar-refractivity contribution in [2.24, 2.45) is 4.99 Å². The number of hydrogen-bond donors (Lipinski definition) is 1. The van der Waals surface area contributed by atoms with Crippen LogP contribution in [0.4, 0.5) is 11.4 Å². The monoisotopic (exact) mass is 299 g/mol. The Kier molecular flexibility index (Phi) is 5.48. The van der Waals surface area contributed by atoms with Crippen LogP contribution < -0.4 is 10.1 Å². The number of aliphatic imine (C=N–C) groups is 1. The lowest BCUT2D eigenvalue weighted by Crippen LogP contribution is -2.04. The molecule has 0 aliphatic carbocycles. The zero-order valence-corrected chi connectivity index (χ0v) is 12.2. The maximum Gasteiger partial charge on any atom is 0.269 e. The van der Waals surface area contributed by atoms with E-state index in [-0.39, 0.29) is 5.69 Å². The standard InChI is InChI=1S/C16H17N3O3/c1-22-16-8-4-14(5-9-16)18-11-10-17-12-13-2-6-15(7-3-13)19(20)21/h2-9,12,18H,10-11H2,1H3. The highest BCUT2D eigenvalue weighted by molar-refractivity contribution is 5.79. The molecule has 2 aromatic rings. The summed E-state index contributed by atoms with van der Waals surface area (Å²) in [6, 6.07) is 14.0. The quantitative estimate of drug-likeness (QED) is 0.369. The fourth-order valence-electron chi connectivity index (χ4n) is 1.83. The second-order valence-electron chi connectivity index (χ2n) is 4.54. The van der Waals surface area contributed by atoms with Crippen molar-refractivity contribution in [2.75, 3.05) is 25.5 Å². The summed E-state index contributed by atoms with van der Waals surface area (Å²) in [6.45, 7) is 1.32. The van der Waals surface area contributed by atoms with Crippen molar-refractivity contribution in [1.29, 1.82) is 0 Å². The van der Waals surface area contributed by atoms with Gasteiger partial charge in [0.2, 0.25) is 0 Å². The predicted molar refractivity (Wildman–Crippen MR) is 87.0 cm³/mol. The van der Waals surface area contributed by atoms with Crippen LogP contribution in [0.15, 0.2) is 53.5 Å². The molecule has 114 valence electrons. The minimum atomic E-state index is -0.417. The van der Waals surface area contributed by atoms with E-state index in [1.54, 1.807) is 25.5 Å². The minimum absolute atomic E-state index is 0.0818. The topological polar surface area (TPSA) is 76.8 Å². The van der Waals surface area contributed by atoms with Gasteiger partial charge in [-0.2, -0.15) is 0 Å². The van der Waals surface area contributed by atoms with Crippen molar-refractivity contribution < 1.29 is 9.66 Å². The molecule has 2 aromatic carbocycles. The molecule has 22 heavy (non-hydrogen) atoms. The van der Waals surface area contributed by atoms with Gasteiger partial charge in [-0.25, -0.2) is 0 Å². The zero-order valence-electron chi connectivity index (χ0n) is 12.2. The number of non-ortho nitro benzene ring substituents is 1. The maximum absolute atomic E-state index is 10.5. The molecule has 0 spiro atoms. The first-order valence-corrected chi connectivity index (χ1v) is 6.81. The van der Waals surface area contributed by atoms with Gasteiger partial charge in [0.1, 0.15) is 5.75 Å². The number of nitro groups is 1. The number of hydrogen-bond acceptors (Lipinski definition) is 5. The Hall–Kier alpha value is -2.89. The first-order valence-electron chi connectivity index (χ1n) is 6.81. The molecule has 1 N–H and O–H groups in total. The molecule has 0 aliphatic rings. The van der Waals surface area contributed by atoms with Crippen LogP contribution in [0.3, 0.4) is 0 Å². The van der Waals surface area contributed by atoms with Gasteiger partial charge in [0.25, 0.3) is 5.69 Å². The number of ether oxygens (including phenoxy) is 1. The van der Waals surface area contributed by atoms with Crippen LogP contribution in [0.2, 0.25) is 0 Å². The van der Waals surface area contributed by atoms with Gasteiger partial charge in [-0.3, -0.25) is 15.1 Å². The second-order valence-corrected chi connectivity index (χ2v) is 4.54. The van der Waals surface area contributed by atoms with Crippen LogP contribution in [-0.2, 0) is 0 Å². The Bertz CT molecular complexity index is 637. The van der Waals surface area contributed by atoms with Crippen molar-refractivity contribution >= 4 is 17.6 Å². The van der Waals surface area contributed by atoms with Gasteiger partial charge in [-0.1, -0.05) is 0 Å². The third-order valence-electron chi connectivity index (χ3n) is 3.00. The molecule has 0 fully saturated rings. The number of nitro benzene ring substituents is 1. The molecule has 6 nitrogen and oxygen atoms in total. The molecule has 0 radical (unpaired) electrons. The van der Waals surface area contributed by atoms with Gasteiger partial charge >= 0.3 is 0 Å². The Morgan fingerprint density at radius 1 is 1.18 bits per heavy atom. The van der Waals surface area contributed by atoms with E-state index in [4.69, 9.17) is 4.74 Å². The van der Waals surface area contributed by atoms with Crippen molar-refractivity contribution in [3.8, 4) is 5.75 Å². The van der Waals surface area contributed by atoms with Crippen LogP contribution in [0.5, 0.6) is 5.75 Å². The van der Waals surface area contributed by atoms with Gasteiger partial charge in [-0.05, 0) is 42.0 Å². The Balaban J connectivity index is 1.76. The van der Waals surface area contributed by atoms with Gasteiger partial charge in [0, 0.05) is 30.6 Å². The van der Waals surface area contributed by atoms with Crippen LogP contribution in [0, 0.1) is 10.1 Å². The van der Waals surface area contributed by atoms with E-state index in [1.165, 1.54) is 12.1 Å². The molecule has 0 aromatic heterocycles. The third kappa shape index (κ3) is 4.59. The molecule has 0 aliphatic heterocycles. The lowest BCUT2D eigenvalue weighted by Gasteiger charge is -2.05. The molecular formula is C16H17N3O3. The highest BCUT2D eigenvalue weighted by Gasteiger charge is 2.02. The number of anilines is 1. The molecule has 0 atom stereocenters. The number of benzene rings is 2. The molecule has 2 rings (SSSR count). The fourth-order valence-corrected chi connectivity index (χ4v) is 1.83. The summed E-state index contributed by atoms with van der Waals surface area (Å²) in [5.41, 5.74) is 1.93. The SMILES string of the molecule is COc1ccc(NCCN=Cc2ccc([N+](=O)[O-])cc2)cc1. The summed E-state index contributed by atoms with van der Waals surface area (Å²) in [4.78, 5) is 14.4. The van der Waals surface area contributed by atoms with Crippen molar-refractivity contribution in [3.63, 3.8) is 0 Å². The summed E-state index contributed by atoms with van der Waals surface area (Å²) < 4.78 is 5.09. The molecule has 0 saturated carbocycles. The first kappa shape index (κ1) is 15.5. The van der Waals surface area contributed by atoms with Gasteiger partial charge < -0.3 is 10.1 Å². The van der Waals surface area contributed by atoms with E-state index in [9.17, 15) is 10.1 Å². The molecule has 0 amide bonds. The highest BCUT2D eigenvalue weighted by Crippen LogP contribution is 2.14. The maximum atomic E-state index is 10.5. The lowest BCUT2D eigenvalue weighted by molar-refractivity contribution is -0.384. The van der Waals surface area contributed by atoms with Gasteiger partial charge in [0.15, 0.2) is 0 Å². The van der Waals surface area contributed by atoms with Crippen molar-refractivity contribution in [3.05, 3.63) is 64.2 Å². The Labute approximate surface area is 128 Å². The largest absolute Gasteiger partial charge is 0.497 e. The highest BCUT2D eigenvalue weighted by atomic mass is 16.6. The average molecular weight is 299 g/mol. The minimum Gasteiger partial charge on any atom is -0.497 e. The fraction of sp³-hybridized carbons (Fsp3) is 0.188. The average Bonchev–Trinajstić information content (AvgIpc) is 2.55. The Morgan fingerprint density at radius 3 is 2.45 bits per heavy atom. The second kappa shape index (κ2) is 7.78. The molecular weight excluding hydrogens is 282 g/mol. The van der Waals surface area contributed by atoms with E-state index < -0.39 is 4.92 Å². The van der Waals surface area contributed by atoms with E-state index in [1.807, 2.05) is 24.3 Å². The first-order chi connectivity index (χ1) is 10.7. The summed E-state index contributed by atoms with van der Waals surface area (Å²) in [5, 5.41) is 13.8. The normalized spacial score (nSPS) is 10.6. The van der Waals surface area contributed by atoms with Crippen LogP contribution in [-0.4, -0.2) is 31.3 Å². The van der Waals surface area contributed by atoms with Crippen LogP contribution >= 0.6 is 0 Å². The lowest BCUT2D eigenvalue weighted by atomic mass is 10.2.